The largest absolute Gasteiger partial charge is 0.363 e. The summed E-state index contributed by atoms with van der Waals surface area (Å²) >= 11 is 0. The van der Waals surface area contributed by atoms with Crippen molar-refractivity contribution in [3.8, 4) is 0 Å². The molecule has 0 N–H and O–H groups in total. The van der Waals surface area contributed by atoms with Gasteiger partial charge in [0.05, 0.1) is 6.04 Å². The summed E-state index contributed by atoms with van der Waals surface area (Å²) in [5.41, 5.74) is 3.15. The van der Waals surface area contributed by atoms with Gasteiger partial charge in [0.15, 0.2) is 0 Å². The summed E-state index contributed by atoms with van der Waals surface area (Å²) in [5, 5.41) is 0. The molecular formula is C21H28N4O. The number of hydrogen-bond acceptors (Lipinski definition) is 4. The molecule has 0 aliphatic carbocycles. The maximum absolute atomic E-state index is 13.1. The average Bonchev–Trinajstić information content (AvgIpc) is 3.11. The van der Waals surface area contributed by atoms with Crippen LogP contribution in [0, 0.1) is 0 Å². The molecule has 0 bridgehead atoms. The number of carbonyl (C=O) groups is 1. The Balaban J connectivity index is 1.79. The Morgan fingerprint density at radius 3 is 2.54 bits per heavy atom. The molecule has 26 heavy (non-hydrogen) atoms. The van der Waals surface area contributed by atoms with Crippen LogP contribution in [0.1, 0.15) is 40.4 Å². The van der Waals surface area contributed by atoms with Crippen molar-refractivity contribution >= 4 is 11.7 Å². The SMILES string of the molecule is CN(C)Cc1ccc(C(=O)N2CCC[C@@H]2c2ccnc(N(C)C)c2)cc1. The summed E-state index contributed by atoms with van der Waals surface area (Å²) in [5.74, 6) is 1.04. The Labute approximate surface area is 156 Å². The zero-order chi connectivity index (χ0) is 18.7. The van der Waals surface area contributed by atoms with Crippen LogP contribution in [-0.4, -0.2) is 55.4 Å². The standard InChI is InChI=1S/C21H28N4O/c1-23(2)15-16-7-9-17(10-8-16)21(26)25-13-5-6-19(25)18-11-12-22-20(14-18)24(3)4/h7-12,14,19H,5-6,13,15H2,1-4H3/t19-/m1/s1. The number of likely N-dealkylation sites (tertiary alicyclic amines) is 1. The fourth-order valence-corrected chi connectivity index (χ4v) is 3.53. The average molecular weight is 352 g/mol. The molecule has 1 aliphatic rings. The van der Waals surface area contributed by atoms with Crippen LogP contribution in [0.4, 0.5) is 5.82 Å². The lowest BCUT2D eigenvalue weighted by atomic mass is 10.0. The number of carbonyl (C=O) groups excluding carboxylic acids is 1. The lowest BCUT2D eigenvalue weighted by molar-refractivity contribution is 0.0735. The second-order valence-electron chi connectivity index (χ2n) is 7.43. The van der Waals surface area contributed by atoms with Crippen molar-refractivity contribution in [1.82, 2.24) is 14.8 Å². The van der Waals surface area contributed by atoms with Crippen LogP contribution in [0.25, 0.3) is 0 Å². The molecule has 2 heterocycles. The molecule has 1 aromatic carbocycles. The fraction of sp³-hybridized carbons (Fsp3) is 0.429. The number of hydrogen-bond donors (Lipinski definition) is 0. The highest BCUT2D eigenvalue weighted by Crippen LogP contribution is 2.34. The Morgan fingerprint density at radius 2 is 1.88 bits per heavy atom. The van der Waals surface area contributed by atoms with Gasteiger partial charge in [-0.15, -0.1) is 0 Å². The van der Waals surface area contributed by atoms with Crippen LogP contribution in [0.5, 0.6) is 0 Å². The molecular weight excluding hydrogens is 324 g/mol. The number of nitrogens with zero attached hydrogens (tertiary/aromatic N) is 4. The second-order valence-corrected chi connectivity index (χ2v) is 7.43. The van der Waals surface area contributed by atoms with Gasteiger partial charge in [-0.3, -0.25) is 4.79 Å². The molecule has 138 valence electrons. The van der Waals surface area contributed by atoms with E-state index in [1.165, 1.54) is 11.1 Å². The van der Waals surface area contributed by atoms with Gasteiger partial charge in [-0.05, 0) is 62.3 Å². The zero-order valence-electron chi connectivity index (χ0n) is 16.1. The Hall–Kier alpha value is -2.40. The molecule has 3 rings (SSSR count). The first-order valence-electron chi connectivity index (χ1n) is 9.13. The molecule has 0 spiro atoms. The van der Waals surface area contributed by atoms with Gasteiger partial charge in [-0.2, -0.15) is 0 Å². The van der Waals surface area contributed by atoms with Gasteiger partial charge in [0.1, 0.15) is 5.82 Å². The third-order valence-electron chi connectivity index (χ3n) is 4.83. The quantitative estimate of drug-likeness (QED) is 0.829. The first-order chi connectivity index (χ1) is 12.5. The van der Waals surface area contributed by atoms with E-state index < -0.39 is 0 Å². The van der Waals surface area contributed by atoms with E-state index >= 15 is 0 Å². The van der Waals surface area contributed by atoms with Crippen LogP contribution in [-0.2, 0) is 6.54 Å². The summed E-state index contributed by atoms with van der Waals surface area (Å²) in [6.45, 7) is 1.69. The van der Waals surface area contributed by atoms with Gasteiger partial charge >= 0.3 is 0 Å². The lowest BCUT2D eigenvalue weighted by Crippen LogP contribution is -2.30. The lowest BCUT2D eigenvalue weighted by Gasteiger charge is -2.26. The minimum atomic E-state index is 0.118. The predicted molar refractivity (Wildman–Crippen MR) is 105 cm³/mol. The summed E-state index contributed by atoms with van der Waals surface area (Å²) in [7, 11) is 8.06. The summed E-state index contributed by atoms with van der Waals surface area (Å²) in [4.78, 5) is 23.6. The smallest absolute Gasteiger partial charge is 0.254 e. The molecule has 5 nitrogen and oxygen atoms in total. The van der Waals surface area contributed by atoms with Crippen LogP contribution < -0.4 is 4.90 Å². The maximum atomic E-state index is 13.1. The summed E-state index contributed by atoms with van der Waals surface area (Å²) < 4.78 is 0. The van der Waals surface area contributed by atoms with Crippen molar-refractivity contribution < 1.29 is 4.79 Å². The molecule has 1 aliphatic heterocycles. The van der Waals surface area contributed by atoms with Crippen molar-refractivity contribution in [3.05, 3.63) is 59.3 Å². The molecule has 1 amide bonds. The van der Waals surface area contributed by atoms with E-state index in [1.54, 1.807) is 0 Å². The normalized spacial score (nSPS) is 17.0. The van der Waals surface area contributed by atoms with Crippen LogP contribution in [0.2, 0.25) is 0 Å². The number of rotatable bonds is 5. The van der Waals surface area contributed by atoms with Crippen molar-refractivity contribution in [3.63, 3.8) is 0 Å². The van der Waals surface area contributed by atoms with E-state index in [-0.39, 0.29) is 11.9 Å². The van der Waals surface area contributed by atoms with E-state index in [0.29, 0.717) is 0 Å². The highest BCUT2D eigenvalue weighted by molar-refractivity contribution is 5.94. The number of anilines is 1. The Morgan fingerprint density at radius 1 is 1.15 bits per heavy atom. The van der Waals surface area contributed by atoms with E-state index in [9.17, 15) is 4.79 Å². The van der Waals surface area contributed by atoms with Gasteiger partial charge in [-0.25, -0.2) is 4.98 Å². The monoisotopic (exact) mass is 352 g/mol. The van der Waals surface area contributed by atoms with Crippen molar-refractivity contribution in [2.24, 2.45) is 0 Å². The third-order valence-corrected chi connectivity index (χ3v) is 4.83. The topological polar surface area (TPSA) is 39.7 Å². The van der Waals surface area contributed by atoms with Crippen molar-refractivity contribution in [1.29, 1.82) is 0 Å². The van der Waals surface area contributed by atoms with Crippen LogP contribution in [0.15, 0.2) is 42.6 Å². The fourth-order valence-electron chi connectivity index (χ4n) is 3.53. The molecule has 0 radical (unpaired) electrons. The number of amides is 1. The van der Waals surface area contributed by atoms with E-state index in [2.05, 4.69) is 28.1 Å². The molecule has 2 aromatic rings. The number of pyridine rings is 1. The maximum Gasteiger partial charge on any atom is 0.254 e. The minimum absolute atomic E-state index is 0.118. The van der Waals surface area contributed by atoms with Crippen molar-refractivity contribution in [2.75, 3.05) is 39.6 Å². The number of benzene rings is 1. The molecule has 1 atom stereocenters. The molecule has 0 saturated carbocycles. The highest BCUT2D eigenvalue weighted by Gasteiger charge is 2.30. The van der Waals surface area contributed by atoms with E-state index in [0.717, 1.165) is 37.3 Å². The van der Waals surface area contributed by atoms with E-state index in [4.69, 9.17) is 0 Å². The molecule has 1 fully saturated rings. The molecule has 1 saturated heterocycles. The Kier molecular flexibility index (Phi) is 5.57. The van der Waals surface area contributed by atoms with Gasteiger partial charge in [0.25, 0.3) is 5.91 Å². The van der Waals surface area contributed by atoms with Gasteiger partial charge in [0.2, 0.25) is 0 Å². The highest BCUT2D eigenvalue weighted by atomic mass is 16.2. The van der Waals surface area contributed by atoms with Crippen LogP contribution >= 0.6 is 0 Å². The van der Waals surface area contributed by atoms with Gasteiger partial charge in [0, 0.05) is 38.9 Å². The molecule has 0 unspecified atom stereocenters. The predicted octanol–water partition coefficient (Wildman–Crippen LogP) is 3.19. The Bertz CT molecular complexity index is 755. The van der Waals surface area contributed by atoms with Crippen molar-refractivity contribution in [2.45, 2.75) is 25.4 Å². The summed E-state index contributed by atoms with van der Waals surface area (Å²) in [6, 6.07) is 12.3. The number of aromatic nitrogens is 1. The zero-order valence-corrected chi connectivity index (χ0v) is 16.1. The minimum Gasteiger partial charge on any atom is -0.363 e. The third kappa shape index (κ3) is 4.05. The van der Waals surface area contributed by atoms with Gasteiger partial charge < -0.3 is 14.7 Å². The van der Waals surface area contributed by atoms with Gasteiger partial charge in [-0.1, -0.05) is 12.1 Å². The summed E-state index contributed by atoms with van der Waals surface area (Å²) in [6.07, 6.45) is 3.87. The first kappa shape index (κ1) is 18.4. The first-order valence-corrected chi connectivity index (χ1v) is 9.13. The molecule has 5 heteroatoms. The van der Waals surface area contributed by atoms with E-state index in [1.807, 2.05) is 62.4 Å². The van der Waals surface area contributed by atoms with Crippen LogP contribution in [0.3, 0.4) is 0 Å². The molecule has 1 aromatic heterocycles. The second kappa shape index (κ2) is 7.87.